The van der Waals surface area contributed by atoms with Crippen LogP contribution in [0.4, 0.5) is 0 Å². The van der Waals surface area contributed by atoms with Crippen LogP contribution in [-0.4, -0.2) is 57.1 Å². The average Bonchev–Trinajstić information content (AvgIpc) is 3.08. The van der Waals surface area contributed by atoms with Crippen molar-refractivity contribution in [2.75, 3.05) is 0 Å². The van der Waals surface area contributed by atoms with Gasteiger partial charge >= 0.3 is 35.0 Å². The Bertz CT molecular complexity index is 907. The Morgan fingerprint density at radius 1 is 0.453 bits per heavy atom. The second-order valence-electron chi connectivity index (χ2n) is 12.9. The van der Waals surface area contributed by atoms with Crippen molar-refractivity contribution in [3.05, 3.63) is 72.9 Å². The molecule has 9 heteroatoms. The van der Waals surface area contributed by atoms with E-state index in [1.54, 1.807) is 0 Å². The smallest absolute Gasteiger partial charge is 0.550 e. The molecule has 0 heterocycles. The van der Waals surface area contributed by atoms with E-state index in [1.165, 1.54) is 90.9 Å². The Kier molecular flexibility index (Phi) is 57.3. The molecule has 8 nitrogen and oxygen atoms in total. The number of allylic oxidation sites excluding steroid dienone is 8. The fourth-order valence-corrected chi connectivity index (χ4v) is 4.16. The molecule has 0 aliphatic rings. The minimum absolute atomic E-state index is 0. The van der Waals surface area contributed by atoms with Crippen molar-refractivity contribution < 1.29 is 39.6 Å². The summed E-state index contributed by atoms with van der Waals surface area (Å²) in [5, 5.41) is 36.2. The monoisotopic (exact) mass is 755 g/mol. The second kappa shape index (κ2) is 51.2. The fourth-order valence-electron chi connectivity index (χ4n) is 4.16. The van der Waals surface area contributed by atoms with Gasteiger partial charge in [-0.3, -0.25) is 0 Å². The maximum Gasteiger partial charge on any atom is 2.00 e. The summed E-state index contributed by atoms with van der Waals surface area (Å²) in [4.78, 5) is 39.6. The molecular weight excluding hydrogens is 681 g/mol. The standard InChI is InChI=1S/2C18H32O2.2C4H6O2.Mg/c2*1-2-3-4-5-6-7-8-9-10-11-12-13-14-15-16-17-18(19)20;2*1-3(2)4(5)6;/h2*6-7,9-10H,2-5,8,11-17H2,1H3,(H,19,20);2*1H2,2H3,(H,5,6);/q;;;;+2/p-2/b2*7-6-,10-9-;;;. The molecule has 0 amide bonds. The molecule has 0 aromatic heterocycles. The molecule has 53 heavy (non-hydrogen) atoms. The van der Waals surface area contributed by atoms with Crippen LogP contribution < -0.4 is 10.2 Å². The average molecular weight is 755 g/mol. The van der Waals surface area contributed by atoms with Crippen molar-refractivity contribution in [1.29, 1.82) is 0 Å². The molecule has 0 saturated carbocycles. The first-order chi connectivity index (χ1) is 24.8. The number of unbranched alkanes of at least 4 members (excludes halogenated alkanes) is 16. The molecule has 0 spiro atoms. The summed E-state index contributed by atoms with van der Waals surface area (Å²) in [5.41, 5.74) is 0.352. The van der Waals surface area contributed by atoms with Crippen molar-refractivity contribution in [2.45, 2.75) is 182 Å². The molecule has 0 aromatic rings. The van der Waals surface area contributed by atoms with Crippen molar-refractivity contribution in [1.82, 2.24) is 0 Å². The van der Waals surface area contributed by atoms with E-state index in [0.29, 0.717) is 0 Å². The quantitative estimate of drug-likeness (QED) is 0.0318. The fraction of sp³-hybridized carbons (Fsp3) is 0.636. The van der Waals surface area contributed by atoms with Gasteiger partial charge in [-0.15, -0.1) is 0 Å². The summed E-state index contributed by atoms with van der Waals surface area (Å²) < 4.78 is 0. The van der Waals surface area contributed by atoms with E-state index >= 15 is 0 Å². The minimum atomic E-state index is -0.935. The zero-order valence-electron chi connectivity index (χ0n) is 34.1. The number of carbonyl (C=O) groups is 4. The SMILES string of the molecule is C=C(C)C(=O)O.C=C(C)C(=O)O.CCCCC/C=C\C/C=C\CCCCCCCC(=O)[O-].CCCCC/C=C\C/C=C\CCCCCCCC(=O)[O-].[Mg+2]. The van der Waals surface area contributed by atoms with Gasteiger partial charge in [0.15, 0.2) is 0 Å². The maximum absolute atomic E-state index is 10.2. The van der Waals surface area contributed by atoms with Crippen molar-refractivity contribution in [3.63, 3.8) is 0 Å². The number of hydrogen-bond acceptors (Lipinski definition) is 6. The van der Waals surface area contributed by atoms with Crippen molar-refractivity contribution >= 4 is 46.9 Å². The number of carboxylic acids is 4. The van der Waals surface area contributed by atoms with E-state index in [-0.39, 0.29) is 47.0 Å². The number of rotatable bonds is 30. The van der Waals surface area contributed by atoms with Crippen LogP contribution in [-0.2, 0) is 19.2 Å². The van der Waals surface area contributed by atoms with Gasteiger partial charge in [-0.25, -0.2) is 9.59 Å². The van der Waals surface area contributed by atoms with Crippen LogP contribution in [0.3, 0.4) is 0 Å². The number of carbonyl (C=O) groups excluding carboxylic acids is 2. The first kappa shape index (κ1) is 59.4. The van der Waals surface area contributed by atoms with E-state index in [0.717, 1.165) is 64.2 Å². The van der Waals surface area contributed by atoms with Crippen LogP contribution >= 0.6 is 0 Å². The van der Waals surface area contributed by atoms with Gasteiger partial charge < -0.3 is 30.0 Å². The topological polar surface area (TPSA) is 155 Å². The van der Waals surface area contributed by atoms with Crippen LogP contribution in [0.1, 0.15) is 182 Å². The summed E-state index contributed by atoms with van der Waals surface area (Å²) in [5.74, 6) is -3.71. The third-order valence-corrected chi connectivity index (χ3v) is 7.39. The molecule has 2 N–H and O–H groups in total. The molecule has 0 unspecified atom stereocenters. The Morgan fingerprint density at radius 3 is 0.906 bits per heavy atom. The van der Waals surface area contributed by atoms with E-state index in [1.807, 2.05) is 0 Å². The second-order valence-corrected chi connectivity index (χ2v) is 12.9. The molecule has 0 fully saturated rings. The van der Waals surface area contributed by atoms with Gasteiger partial charge in [0.05, 0.1) is 0 Å². The van der Waals surface area contributed by atoms with Crippen LogP contribution in [0.15, 0.2) is 72.9 Å². The molecule has 0 radical (unpaired) electrons. The van der Waals surface area contributed by atoms with Crippen LogP contribution in [0.25, 0.3) is 0 Å². The van der Waals surface area contributed by atoms with Crippen molar-refractivity contribution in [2.24, 2.45) is 0 Å². The van der Waals surface area contributed by atoms with Gasteiger partial charge in [0.25, 0.3) is 0 Å². The Balaban J connectivity index is -0.000000218. The number of aliphatic carboxylic acids is 4. The molecule has 0 atom stereocenters. The molecule has 0 bridgehead atoms. The van der Waals surface area contributed by atoms with Crippen LogP contribution in [0, 0.1) is 0 Å². The van der Waals surface area contributed by atoms with Gasteiger partial charge in [-0.05, 0) is 104 Å². The predicted octanol–water partition coefficient (Wildman–Crippen LogP) is 10.0. The van der Waals surface area contributed by atoms with Gasteiger partial charge in [-0.2, -0.15) is 0 Å². The third-order valence-electron chi connectivity index (χ3n) is 7.39. The molecule has 0 aromatic carbocycles. The van der Waals surface area contributed by atoms with E-state index in [9.17, 15) is 29.4 Å². The molecule has 0 saturated heterocycles. The largest absolute Gasteiger partial charge is 2.00 e. The van der Waals surface area contributed by atoms with E-state index in [4.69, 9.17) is 10.2 Å². The Hall–Kier alpha value is -2.91. The summed E-state index contributed by atoms with van der Waals surface area (Å²) in [7, 11) is 0. The van der Waals surface area contributed by atoms with Gasteiger partial charge in [0.2, 0.25) is 0 Å². The van der Waals surface area contributed by atoms with Crippen LogP contribution in [0.5, 0.6) is 0 Å². The zero-order chi connectivity index (χ0) is 40.1. The molecular formula is C44H74MgO8. The molecule has 0 rings (SSSR count). The number of carboxylic acid groups (broad SMARTS) is 4. The zero-order valence-corrected chi connectivity index (χ0v) is 35.5. The Morgan fingerprint density at radius 2 is 0.679 bits per heavy atom. The predicted molar refractivity (Wildman–Crippen MR) is 219 cm³/mol. The molecule has 300 valence electrons. The van der Waals surface area contributed by atoms with Crippen molar-refractivity contribution in [3.8, 4) is 0 Å². The first-order valence-electron chi connectivity index (χ1n) is 19.6. The normalized spacial score (nSPS) is 10.5. The maximum atomic E-state index is 10.2. The van der Waals surface area contributed by atoms with Gasteiger partial charge in [0, 0.05) is 23.1 Å². The summed E-state index contributed by atoms with van der Waals surface area (Å²) in [6.07, 6.45) is 43.9. The Labute approximate surface area is 339 Å². The van der Waals surface area contributed by atoms with E-state index < -0.39 is 23.9 Å². The van der Waals surface area contributed by atoms with E-state index in [2.05, 4.69) is 75.6 Å². The molecule has 0 aliphatic carbocycles. The molecule has 0 aliphatic heterocycles. The summed E-state index contributed by atoms with van der Waals surface area (Å²) >= 11 is 0. The number of hydrogen-bond donors (Lipinski definition) is 2. The third kappa shape index (κ3) is 71.2. The van der Waals surface area contributed by atoms with Gasteiger partial charge in [-0.1, -0.05) is 140 Å². The summed E-state index contributed by atoms with van der Waals surface area (Å²) in [6, 6.07) is 0. The van der Waals surface area contributed by atoms with Gasteiger partial charge in [0.1, 0.15) is 0 Å². The first-order valence-corrected chi connectivity index (χ1v) is 19.6. The summed E-state index contributed by atoms with van der Waals surface area (Å²) in [6.45, 7) is 13.7. The van der Waals surface area contributed by atoms with Crippen LogP contribution in [0.2, 0.25) is 0 Å². The minimum Gasteiger partial charge on any atom is -0.550 e.